The van der Waals surface area contributed by atoms with Gasteiger partial charge in [-0.3, -0.25) is 4.79 Å². The summed E-state index contributed by atoms with van der Waals surface area (Å²) in [6.45, 7) is 7.64. The Morgan fingerprint density at radius 1 is 1.24 bits per heavy atom. The van der Waals surface area contributed by atoms with E-state index in [9.17, 15) is 13.2 Å². The lowest BCUT2D eigenvalue weighted by atomic mass is 10.1. The van der Waals surface area contributed by atoms with Crippen molar-refractivity contribution >= 4 is 15.9 Å². The third kappa shape index (κ3) is 5.71. The zero-order valence-corrected chi connectivity index (χ0v) is 16.1. The van der Waals surface area contributed by atoms with Crippen molar-refractivity contribution < 1.29 is 17.9 Å². The highest BCUT2D eigenvalue weighted by Gasteiger charge is 2.18. The van der Waals surface area contributed by atoms with E-state index < -0.39 is 10.0 Å². The molecule has 0 radical (unpaired) electrons. The molecule has 1 heterocycles. The second-order valence-electron chi connectivity index (χ2n) is 6.90. The monoisotopic (exact) mass is 368 g/mol. The van der Waals surface area contributed by atoms with Gasteiger partial charge < -0.3 is 9.64 Å². The predicted molar refractivity (Wildman–Crippen MR) is 97.1 cm³/mol. The summed E-state index contributed by atoms with van der Waals surface area (Å²) in [5, 5.41) is 0. The lowest BCUT2D eigenvalue weighted by molar-refractivity contribution is -0.134. The van der Waals surface area contributed by atoms with Gasteiger partial charge in [0.15, 0.2) is 6.61 Å². The fourth-order valence-corrected chi connectivity index (χ4v) is 3.98. The Hall–Kier alpha value is -1.60. The molecule has 0 aliphatic carbocycles. The lowest BCUT2D eigenvalue weighted by Crippen LogP contribution is -2.38. The zero-order chi connectivity index (χ0) is 18.4. The maximum Gasteiger partial charge on any atom is 0.260 e. The van der Waals surface area contributed by atoms with Crippen LogP contribution in [0.25, 0.3) is 0 Å². The number of benzene rings is 1. The molecule has 1 aromatic rings. The van der Waals surface area contributed by atoms with Gasteiger partial charge >= 0.3 is 0 Å². The maximum absolute atomic E-state index is 12.3. The van der Waals surface area contributed by atoms with Gasteiger partial charge in [0.25, 0.3) is 5.91 Å². The van der Waals surface area contributed by atoms with E-state index >= 15 is 0 Å². The van der Waals surface area contributed by atoms with Crippen molar-refractivity contribution in [2.45, 2.75) is 44.9 Å². The quantitative estimate of drug-likeness (QED) is 0.801. The first-order chi connectivity index (χ1) is 11.8. The Morgan fingerprint density at radius 3 is 2.52 bits per heavy atom. The molecular weight excluding hydrogens is 340 g/mol. The number of hydrogen-bond donors (Lipinski definition) is 1. The lowest BCUT2D eigenvalue weighted by Gasteiger charge is -2.26. The van der Waals surface area contributed by atoms with E-state index in [2.05, 4.69) is 4.72 Å². The molecule has 0 aromatic heterocycles. The fourth-order valence-electron chi connectivity index (χ4n) is 2.68. The first-order valence-electron chi connectivity index (χ1n) is 8.80. The summed E-state index contributed by atoms with van der Waals surface area (Å²) >= 11 is 0. The molecule has 1 aliphatic rings. The number of amides is 1. The van der Waals surface area contributed by atoms with Crippen molar-refractivity contribution in [1.82, 2.24) is 9.62 Å². The smallest absolute Gasteiger partial charge is 0.260 e. The van der Waals surface area contributed by atoms with Gasteiger partial charge in [-0.25, -0.2) is 13.1 Å². The molecule has 7 heteroatoms. The van der Waals surface area contributed by atoms with E-state index in [1.807, 2.05) is 18.7 Å². The van der Waals surface area contributed by atoms with E-state index in [0.29, 0.717) is 17.9 Å². The SMILES string of the molecule is Cc1cc(S(=O)(=O)NCC(C)C)ccc1OCC(=O)N1CCCCC1. The number of sulfonamides is 1. The van der Waals surface area contributed by atoms with Crippen LogP contribution in [0, 0.1) is 12.8 Å². The molecule has 0 atom stereocenters. The van der Waals surface area contributed by atoms with Crippen molar-refractivity contribution in [1.29, 1.82) is 0 Å². The Labute approximate surface area is 150 Å². The minimum absolute atomic E-state index is 0.0153. The number of nitrogens with one attached hydrogen (secondary N) is 1. The first-order valence-corrected chi connectivity index (χ1v) is 10.3. The van der Waals surface area contributed by atoms with Gasteiger partial charge in [-0.15, -0.1) is 0 Å². The summed E-state index contributed by atoms with van der Waals surface area (Å²) in [6, 6.07) is 4.70. The predicted octanol–water partition coefficient (Wildman–Crippen LogP) is 2.32. The number of ether oxygens (including phenoxy) is 1. The molecule has 140 valence electrons. The molecule has 0 saturated carbocycles. The molecule has 0 spiro atoms. The summed E-state index contributed by atoms with van der Waals surface area (Å²) in [5.74, 6) is 0.752. The molecule has 1 fully saturated rings. The van der Waals surface area contributed by atoms with Gasteiger partial charge in [0, 0.05) is 19.6 Å². The Bertz CT molecular complexity index is 695. The number of hydrogen-bond acceptors (Lipinski definition) is 4. The standard InChI is InChI=1S/C18H28N2O4S/c1-14(2)12-19-25(22,23)16-7-8-17(15(3)11-16)24-13-18(21)20-9-5-4-6-10-20/h7-8,11,14,19H,4-6,9-10,12-13H2,1-3H3. The average Bonchev–Trinajstić information content (AvgIpc) is 2.59. The van der Waals surface area contributed by atoms with Crippen LogP contribution in [0.15, 0.2) is 23.1 Å². The molecule has 1 aromatic carbocycles. The number of piperidine rings is 1. The summed E-state index contributed by atoms with van der Waals surface area (Å²) in [6.07, 6.45) is 3.26. The molecule has 6 nitrogen and oxygen atoms in total. The van der Waals surface area contributed by atoms with Crippen LogP contribution in [0.1, 0.15) is 38.7 Å². The molecule has 1 amide bonds. The fraction of sp³-hybridized carbons (Fsp3) is 0.611. The van der Waals surface area contributed by atoms with Crippen molar-refractivity contribution in [3.8, 4) is 5.75 Å². The first kappa shape index (κ1) is 19.7. The third-order valence-electron chi connectivity index (χ3n) is 4.20. The van der Waals surface area contributed by atoms with Crippen LogP contribution >= 0.6 is 0 Å². The topological polar surface area (TPSA) is 75.7 Å². The molecule has 0 bridgehead atoms. The van der Waals surface area contributed by atoms with Gasteiger partial charge in [0.2, 0.25) is 10.0 Å². The van der Waals surface area contributed by atoms with Crippen LogP contribution in [0.2, 0.25) is 0 Å². The second kappa shape index (κ2) is 8.67. The number of likely N-dealkylation sites (tertiary alicyclic amines) is 1. The van der Waals surface area contributed by atoms with Gasteiger partial charge in [-0.05, 0) is 55.9 Å². The number of rotatable bonds is 7. The average molecular weight is 368 g/mol. The molecule has 1 N–H and O–H groups in total. The highest BCUT2D eigenvalue weighted by Crippen LogP contribution is 2.22. The Morgan fingerprint density at radius 2 is 1.92 bits per heavy atom. The molecule has 25 heavy (non-hydrogen) atoms. The van der Waals surface area contributed by atoms with Gasteiger partial charge in [0.05, 0.1) is 4.90 Å². The number of carbonyl (C=O) groups excluding carboxylic acids is 1. The number of aryl methyl sites for hydroxylation is 1. The third-order valence-corrected chi connectivity index (χ3v) is 5.62. The Kier molecular flexibility index (Phi) is 6.84. The zero-order valence-electron chi connectivity index (χ0n) is 15.2. The van der Waals surface area contributed by atoms with Crippen LogP contribution in [0.4, 0.5) is 0 Å². The van der Waals surface area contributed by atoms with Crippen molar-refractivity contribution in [3.05, 3.63) is 23.8 Å². The van der Waals surface area contributed by atoms with Gasteiger partial charge in [-0.1, -0.05) is 13.8 Å². The highest BCUT2D eigenvalue weighted by molar-refractivity contribution is 7.89. The van der Waals surface area contributed by atoms with E-state index in [4.69, 9.17) is 4.74 Å². The van der Waals surface area contributed by atoms with E-state index in [0.717, 1.165) is 25.9 Å². The summed E-state index contributed by atoms with van der Waals surface area (Å²) in [5.41, 5.74) is 0.693. The normalized spacial score (nSPS) is 15.4. The summed E-state index contributed by atoms with van der Waals surface area (Å²) in [4.78, 5) is 14.2. The Balaban J connectivity index is 1.98. The van der Waals surface area contributed by atoms with Crippen molar-refractivity contribution in [2.24, 2.45) is 5.92 Å². The van der Waals surface area contributed by atoms with Crippen LogP contribution in [-0.2, 0) is 14.8 Å². The highest BCUT2D eigenvalue weighted by atomic mass is 32.2. The van der Waals surface area contributed by atoms with E-state index in [1.54, 1.807) is 19.1 Å². The van der Waals surface area contributed by atoms with Crippen LogP contribution in [0.5, 0.6) is 5.75 Å². The van der Waals surface area contributed by atoms with Gasteiger partial charge in [-0.2, -0.15) is 0 Å². The summed E-state index contributed by atoms with van der Waals surface area (Å²) < 4.78 is 32.7. The van der Waals surface area contributed by atoms with Crippen LogP contribution < -0.4 is 9.46 Å². The van der Waals surface area contributed by atoms with E-state index in [1.165, 1.54) is 12.5 Å². The van der Waals surface area contributed by atoms with Crippen molar-refractivity contribution in [3.63, 3.8) is 0 Å². The number of carbonyl (C=O) groups is 1. The van der Waals surface area contributed by atoms with Gasteiger partial charge in [0.1, 0.15) is 5.75 Å². The molecule has 1 saturated heterocycles. The molecule has 0 unspecified atom stereocenters. The molecule has 1 aliphatic heterocycles. The van der Waals surface area contributed by atoms with Crippen LogP contribution in [-0.4, -0.2) is 45.5 Å². The van der Waals surface area contributed by atoms with Crippen LogP contribution in [0.3, 0.4) is 0 Å². The van der Waals surface area contributed by atoms with Crippen molar-refractivity contribution in [2.75, 3.05) is 26.2 Å². The number of nitrogens with zero attached hydrogens (tertiary/aromatic N) is 1. The maximum atomic E-state index is 12.3. The summed E-state index contributed by atoms with van der Waals surface area (Å²) in [7, 11) is -3.52. The molecular formula is C18H28N2O4S. The largest absolute Gasteiger partial charge is 0.483 e. The second-order valence-corrected chi connectivity index (χ2v) is 8.67. The minimum atomic E-state index is -3.52. The minimum Gasteiger partial charge on any atom is -0.483 e. The van der Waals surface area contributed by atoms with E-state index in [-0.39, 0.29) is 23.3 Å². The molecule has 2 rings (SSSR count).